The third kappa shape index (κ3) is 6.55. The lowest BCUT2D eigenvalue weighted by molar-refractivity contribution is -0.144. The molecule has 0 unspecified atom stereocenters. The van der Waals surface area contributed by atoms with E-state index in [0.29, 0.717) is 0 Å². The Morgan fingerprint density at radius 3 is 1.44 bits per heavy atom. The van der Waals surface area contributed by atoms with Crippen LogP contribution in [-0.4, -0.2) is 35.8 Å². The Kier molecular flexibility index (Phi) is 9.04. The van der Waals surface area contributed by atoms with Crippen LogP contribution in [-0.2, 0) is 43.9 Å². The number of hydrogen-bond donors (Lipinski definition) is 1. The third-order valence-electron chi connectivity index (χ3n) is 10.9. The van der Waals surface area contributed by atoms with Crippen LogP contribution in [0, 0.1) is 29.6 Å². The molecule has 0 bridgehead atoms. The van der Waals surface area contributed by atoms with Crippen LogP contribution in [0.4, 0.5) is 64.1 Å². The summed E-state index contributed by atoms with van der Waals surface area (Å²) in [6, 6.07) is 4.02. The van der Waals surface area contributed by atoms with Gasteiger partial charge in [-0.15, -0.1) is 0 Å². The maximum Gasteiger partial charge on any atom is 0.416 e. The van der Waals surface area contributed by atoms with E-state index in [9.17, 15) is 77.0 Å². The van der Waals surface area contributed by atoms with E-state index in [0.717, 1.165) is 6.07 Å². The van der Waals surface area contributed by atoms with Crippen molar-refractivity contribution in [2.75, 3.05) is 16.9 Å². The molecule has 20 heteroatoms. The monoisotopic (exact) mass is 820 g/mol. The van der Waals surface area contributed by atoms with Gasteiger partial charge in [0.1, 0.15) is 0 Å². The van der Waals surface area contributed by atoms with Crippen LogP contribution in [0.2, 0.25) is 0 Å². The Balaban J connectivity index is 1.36. The first-order chi connectivity index (χ1) is 26.3. The van der Waals surface area contributed by atoms with Gasteiger partial charge in [0.25, 0.3) is 0 Å². The van der Waals surface area contributed by atoms with E-state index in [1.807, 2.05) is 0 Å². The van der Waals surface area contributed by atoms with Gasteiger partial charge in [-0.1, -0.05) is 17.7 Å². The SMILES string of the molecule is COc1ccc([C@H]2C3=CC[C@@H]4C(=O)N(c5cc(C(F)(F)F)cc(C(F)(F)F)c5)C(=O)[C@@H]4[C@@H]3C[C@H]3C(=O)N(c4cc(C(F)(F)F)cc(C(F)(F)F)c4)C(=O)[C@@H]23)cc1O. The second kappa shape index (κ2) is 13.0. The molecule has 2 aliphatic heterocycles. The molecule has 57 heavy (non-hydrogen) atoms. The summed E-state index contributed by atoms with van der Waals surface area (Å²) in [6.07, 6.45) is -20.9. The number of rotatable bonds is 4. The Labute approximate surface area is 312 Å². The second-order valence-corrected chi connectivity index (χ2v) is 14.0. The van der Waals surface area contributed by atoms with Gasteiger partial charge in [-0.25, -0.2) is 9.80 Å². The van der Waals surface area contributed by atoms with Crippen molar-refractivity contribution in [1.29, 1.82) is 0 Å². The minimum Gasteiger partial charge on any atom is -0.504 e. The number of carbonyl (C=O) groups excluding carboxylic acids is 4. The van der Waals surface area contributed by atoms with E-state index < -0.39 is 130 Å². The Bertz CT molecular complexity index is 2200. The van der Waals surface area contributed by atoms with Crippen molar-refractivity contribution < 1.29 is 81.7 Å². The summed E-state index contributed by atoms with van der Waals surface area (Å²) in [4.78, 5) is 56.7. The predicted octanol–water partition coefficient (Wildman–Crippen LogP) is 8.52. The largest absolute Gasteiger partial charge is 0.504 e. The van der Waals surface area contributed by atoms with E-state index >= 15 is 0 Å². The van der Waals surface area contributed by atoms with Gasteiger partial charge < -0.3 is 9.84 Å². The fourth-order valence-corrected chi connectivity index (χ4v) is 8.51. The molecule has 4 aliphatic rings. The number of alkyl halides is 12. The predicted molar refractivity (Wildman–Crippen MR) is 170 cm³/mol. The lowest BCUT2D eigenvalue weighted by atomic mass is 9.57. The highest BCUT2D eigenvalue weighted by atomic mass is 19.4. The topological polar surface area (TPSA) is 104 Å². The van der Waals surface area contributed by atoms with E-state index in [1.54, 1.807) is 0 Å². The van der Waals surface area contributed by atoms with Gasteiger partial charge in [0, 0.05) is 5.92 Å². The molecular formula is C37H24F12N2O6. The van der Waals surface area contributed by atoms with Crippen LogP contribution in [0.1, 0.15) is 46.6 Å². The van der Waals surface area contributed by atoms with Gasteiger partial charge in [0.15, 0.2) is 11.5 Å². The molecule has 0 aromatic heterocycles. The first-order valence-electron chi connectivity index (χ1n) is 16.7. The molecule has 2 aliphatic carbocycles. The number of hydrogen-bond acceptors (Lipinski definition) is 6. The molecule has 2 saturated heterocycles. The molecule has 2 heterocycles. The number of nitrogens with zero attached hydrogens (tertiary/aromatic N) is 2. The molecule has 1 N–H and O–H groups in total. The fraction of sp³-hybridized carbons (Fsp3) is 0.351. The number of phenolic OH excluding ortho intramolecular Hbond substituents is 1. The summed E-state index contributed by atoms with van der Waals surface area (Å²) in [6.45, 7) is 0. The lowest BCUT2D eigenvalue weighted by Gasteiger charge is -2.44. The molecule has 0 radical (unpaired) electrons. The number of halogens is 12. The van der Waals surface area contributed by atoms with Gasteiger partial charge in [-0.3, -0.25) is 19.2 Å². The summed E-state index contributed by atoms with van der Waals surface area (Å²) in [5.74, 6) is -14.3. The van der Waals surface area contributed by atoms with Crippen LogP contribution >= 0.6 is 0 Å². The quantitative estimate of drug-likeness (QED) is 0.161. The number of phenols is 1. The molecule has 3 aromatic rings. The summed E-state index contributed by atoms with van der Waals surface area (Å²) in [5.41, 5.74) is -9.21. The summed E-state index contributed by atoms with van der Waals surface area (Å²) >= 11 is 0. The number of methoxy groups -OCH3 is 1. The van der Waals surface area contributed by atoms with Gasteiger partial charge in [-0.2, -0.15) is 52.7 Å². The van der Waals surface area contributed by atoms with Crippen molar-refractivity contribution in [3.05, 3.63) is 94.1 Å². The number of amides is 4. The molecule has 3 fully saturated rings. The number of aromatic hydroxyl groups is 1. The first kappa shape index (κ1) is 39.7. The molecule has 3 aromatic carbocycles. The number of allylic oxidation sites excluding steroid dienone is 2. The Hall–Kier alpha value is -5.56. The van der Waals surface area contributed by atoms with Crippen molar-refractivity contribution in [2.45, 2.75) is 43.5 Å². The van der Waals surface area contributed by atoms with Crippen molar-refractivity contribution >= 4 is 35.0 Å². The first-order valence-corrected chi connectivity index (χ1v) is 16.7. The Morgan fingerprint density at radius 2 is 1.02 bits per heavy atom. The molecule has 6 atom stereocenters. The van der Waals surface area contributed by atoms with Crippen molar-refractivity contribution in [1.82, 2.24) is 0 Å². The summed E-state index contributed by atoms with van der Waals surface area (Å²) in [7, 11) is 1.20. The number of carbonyl (C=O) groups is 4. The number of fused-ring (bicyclic) bond motifs is 4. The van der Waals surface area contributed by atoms with Crippen LogP contribution in [0.5, 0.6) is 11.5 Å². The highest BCUT2D eigenvalue weighted by Gasteiger charge is 2.63. The minimum absolute atomic E-state index is 0.0575. The molecule has 302 valence electrons. The third-order valence-corrected chi connectivity index (χ3v) is 10.9. The van der Waals surface area contributed by atoms with Crippen LogP contribution in [0.15, 0.2) is 66.2 Å². The van der Waals surface area contributed by atoms with Crippen LogP contribution < -0.4 is 14.5 Å². The van der Waals surface area contributed by atoms with E-state index in [1.165, 1.54) is 25.3 Å². The average molecular weight is 821 g/mol. The standard InChI is InChI=1S/C37H24F12N2O6/c1-57-26-5-2-14(6-25(26)52)27-21-3-4-22-28(32(55)50(30(22)53)19-9-15(34(38,39)40)7-16(10-19)35(41,42)43)23(21)13-24-29(27)33(56)51(31(24)54)20-11-17(36(44,45)46)8-18(12-20)37(47,48)49/h2-3,5-12,22-24,27-29,52H,4,13H2,1H3/t22-,23+,24+,27-,28-,29+/m0/s1. The fourth-order valence-electron chi connectivity index (χ4n) is 8.51. The molecule has 8 nitrogen and oxygen atoms in total. The Morgan fingerprint density at radius 1 is 0.579 bits per heavy atom. The maximum absolute atomic E-state index is 14.3. The average Bonchev–Trinajstić information content (AvgIpc) is 3.52. The zero-order valence-corrected chi connectivity index (χ0v) is 28.6. The van der Waals surface area contributed by atoms with Crippen molar-refractivity contribution in [2.24, 2.45) is 29.6 Å². The molecule has 7 rings (SSSR count). The van der Waals surface area contributed by atoms with Gasteiger partial charge >= 0.3 is 24.7 Å². The zero-order chi connectivity index (χ0) is 41.9. The molecule has 4 amide bonds. The van der Waals surface area contributed by atoms with Gasteiger partial charge in [0.2, 0.25) is 23.6 Å². The van der Waals surface area contributed by atoms with E-state index in [2.05, 4.69) is 0 Å². The number of ether oxygens (including phenoxy) is 1. The van der Waals surface area contributed by atoms with Crippen molar-refractivity contribution in [3.63, 3.8) is 0 Å². The molecule has 1 saturated carbocycles. The normalized spacial score (nSPS) is 25.4. The van der Waals surface area contributed by atoms with Crippen LogP contribution in [0.25, 0.3) is 0 Å². The highest BCUT2D eigenvalue weighted by Crippen LogP contribution is 2.59. The molecular weight excluding hydrogens is 796 g/mol. The smallest absolute Gasteiger partial charge is 0.416 e. The van der Waals surface area contributed by atoms with E-state index in [4.69, 9.17) is 4.74 Å². The molecule has 0 spiro atoms. The highest BCUT2D eigenvalue weighted by molar-refractivity contribution is 6.24. The maximum atomic E-state index is 14.3. The summed E-state index contributed by atoms with van der Waals surface area (Å²) in [5, 5.41) is 10.7. The van der Waals surface area contributed by atoms with E-state index in [-0.39, 0.29) is 69.5 Å². The lowest BCUT2D eigenvalue weighted by Crippen LogP contribution is -2.43. The zero-order valence-electron chi connectivity index (χ0n) is 28.6. The second-order valence-electron chi connectivity index (χ2n) is 14.0. The van der Waals surface area contributed by atoms with Gasteiger partial charge in [-0.05, 0) is 72.9 Å². The number of imide groups is 2. The van der Waals surface area contributed by atoms with Crippen LogP contribution in [0.3, 0.4) is 0 Å². The minimum atomic E-state index is -5.37. The van der Waals surface area contributed by atoms with Gasteiger partial charge in [0.05, 0.1) is 64.4 Å². The number of anilines is 2. The summed E-state index contributed by atoms with van der Waals surface area (Å²) < 4.78 is 171. The van der Waals surface area contributed by atoms with Crippen molar-refractivity contribution in [3.8, 4) is 11.5 Å². The number of benzene rings is 3.